The van der Waals surface area contributed by atoms with E-state index in [0.717, 1.165) is 45.6 Å². The smallest absolute Gasteiger partial charge is 0.323 e. The zero-order valence-electron chi connectivity index (χ0n) is 11.8. The zero-order valence-corrected chi connectivity index (χ0v) is 11.8. The van der Waals surface area contributed by atoms with Gasteiger partial charge in [-0.2, -0.15) is 0 Å². The minimum absolute atomic E-state index is 0.0372. The van der Waals surface area contributed by atoms with E-state index >= 15 is 0 Å². The number of carbonyl (C=O) groups is 1. The summed E-state index contributed by atoms with van der Waals surface area (Å²) in [4.78, 5) is 14.4. The molecule has 104 valence electrons. The van der Waals surface area contributed by atoms with Crippen LogP contribution in [0.1, 0.15) is 40.0 Å². The molecule has 4 heteroatoms. The Kier molecular flexibility index (Phi) is 4.28. The lowest BCUT2D eigenvalue weighted by atomic mass is 10.1. The molecule has 0 aromatic rings. The summed E-state index contributed by atoms with van der Waals surface area (Å²) in [5.74, 6) is 0.534. The van der Waals surface area contributed by atoms with Crippen LogP contribution >= 0.6 is 0 Å². The Morgan fingerprint density at radius 2 is 2.17 bits per heavy atom. The van der Waals surface area contributed by atoms with Crippen LogP contribution < -0.4 is 0 Å². The first-order chi connectivity index (χ1) is 8.46. The van der Waals surface area contributed by atoms with E-state index in [2.05, 4.69) is 4.90 Å². The van der Waals surface area contributed by atoms with Crippen LogP contribution in [0.5, 0.6) is 0 Å². The van der Waals surface area contributed by atoms with E-state index in [1.165, 1.54) is 0 Å². The Morgan fingerprint density at radius 1 is 1.39 bits per heavy atom. The molecular weight excluding hydrogens is 230 g/mol. The second-order valence-corrected chi connectivity index (χ2v) is 6.42. The highest BCUT2D eigenvalue weighted by Crippen LogP contribution is 2.24. The van der Waals surface area contributed by atoms with Crippen molar-refractivity contribution < 1.29 is 14.3 Å². The van der Waals surface area contributed by atoms with Gasteiger partial charge in [-0.15, -0.1) is 0 Å². The lowest BCUT2D eigenvalue weighted by Crippen LogP contribution is -2.42. The highest BCUT2D eigenvalue weighted by Gasteiger charge is 2.35. The van der Waals surface area contributed by atoms with Crippen LogP contribution in [-0.4, -0.2) is 48.8 Å². The van der Waals surface area contributed by atoms with Crippen LogP contribution in [0.2, 0.25) is 0 Å². The highest BCUT2D eigenvalue weighted by atomic mass is 16.6. The predicted octanol–water partition coefficient (Wildman–Crippen LogP) is 1.83. The van der Waals surface area contributed by atoms with E-state index in [1.807, 2.05) is 20.8 Å². The van der Waals surface area contributed by atoms with E-state index < -0.39 is 0 Å². The van der Waals surface area contributed by atoms with Crippen LogP contribution in [0.3, 0.4) is 0 Å². The average Bonchev–Trinajstić information content (AvgIpc) is 2.86. The summed E-state index contributed by atoms with van der Waals surface area (Å²) in [5.41, 5.74) is -0.387. The fourth-order valence-corrected chi connectivity index (χ4v) is 2.74. The van der Waals surface area contributed by atoms with E-state index in [-0.39, 0.29) is 17.6 Å². The van der Waals surface area contributed by atoms with Crippen molar-refractivity contribution in [1.82, 2.24) is 4.90 Å². The Morgan fingerprint density at radius 3 is 2.78 bits per heavy atom. The molecule has 2 aliphatic rings. The summed E-state index contributed by atoms with van der Waals surface area (Å²) in [5, 5.41) is 0. The predicted molar refractivity (Wildman–Crippen MR) is 69.4 cm³/mol. The second-order valence-electron chi connectivity index (χ2n) is 6.42. The first kappa shape index (κ1) is 13.8. The second kappa shape index (κ2) is 5.57. The fraction of sp³-hybridized carbons (Fsp3) is 0.929. The van der Waals surface area contributed by atoms with Crippen LogP contribution in [0.15, 0.2) is 0 Å². The minimum atomic E-state index is -0.387. The first-order valence-electron chi connectivity index (χ1n) is 7.00. The van der Waals surface area contributed by atoms with Crippen molar-refractivity contribution in [3.05, 3.63) is 0 Å². The Balaban J connectivity index is 1.88. The molecule has 0 spiro atoms. The van der Waals surface area contributed by atoms with Crippen LogP contribution in [-0.2, 0) is 14.3 Å². The number of rotatable bonds is 3. The van der Waals surface area contributed by atoms with Gasteiger partial charge in [-0.3, -0.25) is 9.69 Å². The molecule has 2 aliphatic heterocycles. The number of nitrogens with zero attached hydrogens (tertiary/aromatic N) is 1. The first-order valence-corrected chi connectivity index (χ1v) is 7.00. The molecule has 18 heavy (non-hydrogen) atoms. The third-order valence-electron chi connectivity index (χ3n) is 3.56. The van der Waals surface area contributed by atoms with Gasteiger partial charge in [-0.1, -0.05) is 0 Å². The highest BCUT2D eigenvalue weighted by molar-refractivity contribution is 5.76. The van der Waals surface area contributed by atoms with Gasteiger partial charge in [0.15, 0.2) is 0 Å². The third kappa shape index (κ3) is 3.69. The Hall–Kier alpha value is -0.610. The van der Waals surface area contributed by atoms with E-state index in [4.69, 9.17) is 9.47 Å². The molecule has 2 rings (SSSR count). The van der Waals surface area contributed by atoms with Crippen molar-refractivity contribution in [1.29, 1.82) is 0 Å². The maximum Gasteiger partial charge on any atom is 0.323 e. The van der Waals surface area contributed by atoms with Crippen molar-refractivity contribution in [2.24, 2.45) is 5.92 Å². The lowest BCUT2D eigenvalue weighted by Gasteiger charge is -2.28. The molecule has 4 nitrogen and oxygen atoms in total. The van der Waals surface area contributed by atoms with Gasteiger partial charge in [-0.05, 0) is 52.5 Å². The molecule has 0 aromatic heterocycles. The van der Waals surface area contributed by atoms with Gasteiger partial charge in [0.25, 0.3) is 0 Å². The molecular formula is C14H25NO3. The quantitative estimate of drug-likeness (QED) is 0.721. The van der Waals surface area contributed by atoms with Gasteiger partial charge in [0, 0.05) is 13.2 Å². The number of carbonyl (C=O) groups excluding carboxylic acids is 1. The van der Waals surface area contributed by atoms with Gasteiger partial charge in [-0.25, -0.2) is 0 Å². The zero-order chi connectivity index (χ0) is 13.2. The van der Waals surface area contributed by atoms with Gasteiger partial charge >= 0.3 is 5.97 Å². The molecule has 0 bridgehead atoms. The molecule has 2 atom stereocenters. The summed E-state index contributed by atoms with van der Waals surface area (Å²) >= 11 is 0. The summed E-state index contributed by atoms with van der Waals surface area (Å²) in [7, 11) is 0. The molecule has 0 radical (unpaired) electrons. The molecule has 1 unspecified atom stereocenters. The third-order valence-corrected chi connectivity index (χ3v) is 3.56. The summed E-state index contributed by atoms with van der Waals surface area (Å²) in [6, 6.07) is -0.0372. The molecule has 2 heterocycles. The topological polar surface area (TPSA) is 38.8 Å². The van der Waals surface area contributed by atoms with Gasteiger partial charge < -0.3 is 9.47 Å². The molecule has 0 aromatic carbocycles. The summed E-state index contributed by atoms with van der Waals surface area (Å²) in [6.45, 7) is 9.48. The Bertz CT molecular complexity index is 292. The number of ether oxygens (including phenoxy) is 2. The summed E-state index contributed by atoms with van der Waals surface area (Å²) in [6.07, 6.45) is 3.15. The fourth-order valence-electron chi connectivity index (χ4n) is 2.74. The molecule has 0 N–H and O–H groups in total. The van der Waals surface area contributed by atoms with E-state index in [1.54, 1.807) is 0 Å². The minimum Gasteiger partial charge on any atom is -0.459 e. The molecule has 0 aliphatic carbocycles. The maximum atomic E-state index is 12.1. The standard InChI is InChI=1S/C14H25NO3/c1-14(2,3)18-13(16)12-5-4-7-15(12)9-11-6-8-17-10-11/h11-12H,4-10H2,1-3H3/t11?,12-/m0/s1. The molecule has 2 saturated heterocycles. The number of hydrogen-bond acceptors (Lipinski definition) is 4. The van der Waals surface area contributed by atoms with Crippen molar-refractivity contribution >= 4 is 5.97 Å². The van der Waals surface area contributed by atoms with Crippen LogP contribution in [0.4, 0.5) is 0 Å². The summed E-state index contributed by atoms with van der Waals surface area (Å²) < 4.78 is 10.9. The SMILES string of the molecule is CC(C)(C)OC(=O)[C@@H]1CCCN1CC1CCOC1. The lowest BCUT2D eigenvalue weighted by molar-refractivity contribution is -0.160. The van der Waals surface area contributed by atoms with E-state index in [0.29, 0.717) is 5.92 Å². The van der Waals surface area contributed by atoms with Gasteiger partial charge in [0.1, 0.15) is 11.6 Å². The monoisotopic (exact) mass is 255 g/mol. The van der Waals surface area contributed by atoms with E-state index in [9.17, 15) is 4.79 Å². The van der Waals surface area contributed by atoms with Crippen LogP contribution in [0, 0.1) is 5.92 Å². The molecule has 0 saturated carbocycles. The largest absolute Gasteiger partial charge is 0.459 e. The van der Waals surface area contributed by atoms with Crippen molar-refractivity contribution in [3.63, 3.8) is 0 Å². The van der Waals surface area contributed by atoms with Crippen molar-refractivity contribution in [3.8, 4) is 0 Å². The normalized spacial score (nSPS) is 29.7. The van der Waals surface area contributed by atoms with Crippen molar-refractivity contribution in [2.45, 2.75) is 51.7 Å². The molecule has 0 amide bonds. The maximum absolute atomic E-state index is 12.1. The molecule has 2 fully saturated rings. The van der Waals surface area contributed by atoms with Gasteiger partial charge in [0.2, 0.25) is 0 Å². The number of likely N-dealkylation sites (tertiary alicyclic amines) is 1. The number of hydrogen-bond donors (Lipinski definition) is 0. The van der Waals surface area contributed by atoms with Gasteiger partial charge in [0.05, 0.1) is 6.61 Å². The average molecular weight is 255 g/mol. The number of esters is 1. The van der Waals surface area contributed by atoms with Crippen LogP contribution in [0.25, 0.3) is 0 Å². The van der Waals surface area contributed by atoms with Crippen molar-refractivity contribution in [2.75, 3.05) is 26.3 Å². The Labute approximate surface area is 110 Å².